The van der Waals surface area contributed by atoms with Crippen molar-refractivity contribution in [3.05, 3.63) is 28.2 Å². The zero-order chi connectivity index (χ0) is 26.7. The van der Waals surface area contributed by atoms with Gasteiger partial charge in [0.15, 0.2) is 0 Å². The van der Waals surface area contributed by atoms with E-state index in [-0.39, 0.29) is 36.3 Å². The SMILES string of the molecule is [2H]C([2H])([2H])c1cc2cnc(NC3CCN(S(=O)(=O)C([2H])([2H])[2H])CC3)nc2n([C@H]2CCC[C@]2(C)O)c1=O. The predicted octanol–water partition coefficient (Wildman–Crippen LogP) is 1.41. The number of nitrogens with zero attached hydrogens (tertiary/aromatic N) is 4. The molecule has 1 saturated heterocycles. The number of piperidine rings is 1. The summed E-state index contributed by atoms with van der Waals surface area (Å²) in [4.78, 5) is 22.1. The van der Waals surface area contributed by atoms with Gasteiger partial charge in [-0.15, -0.1) is 0 Å². The minimum absolute atomic E-state index is 0.0174. The van der Waals surface area contributed by atoms with Gasteiger partial charge in [-0.2, -0.15) is 4.98 Å². The van der Waals surface area contributed by atoms with Gasteiger partial charge in [-0.05, 0) is 51.9 Å². The van der Waals surface area contributed by atoms with Crippen LogP contribution in [0.5, 0.6) is 0 Å². The van der Waals surface area contributed by atoms with Gasteiger partial charge in [0.25, 0.3) is 5.56 Å². The Morgan fingerprint density at radius 2 is 2.10 bits per heavy atom. The molecule has 164 valence electrons. The van der Waals surface area contributed by atoms with Gasteiger partial charge in [0.2, 0.25) is 16.0 Å². The zero-order valence-electron chi connectivity index (χ0n) is 22.6. The molecular weight excluding hydrogens is 406 g/mol. The summed E-state index contributed by atoms with van der Waals surface area (Å²) in [5.41, 5.74) is -2.13. The topological polar surface area (TPSA) is 117 Å². The highest BCUT2D eigenvalue weighted by Gasteiger charge is 2.39. The van der Waals surface area contributed by atoms with E-state index in [1.165, 1.54) is 16.8 Å². The van der Waals surface area contributed by atoms with E-state index in [1.54, 1.807) is 6.92 Å². The maximum atomic E-state index is 13.3. The summed E-state index contributed by atoms with van der Waals surface area (Å²) in [6.07, 6.45) is 0.531. The van der Waals surface area contributed by atoms with Gasteiger partial charge in [-0.3, -0.25) is 9.36 Å². The summed E-state index contributed by atoms with van der Waals surface area (Å²) in [5, 5.41) is 14.4. The molecule has 0 spiro atoms. The number of hydrogen-bond acceptors (Lipinski definition) is 7. The Bertz CT molecular complexity index is 1320. The smallest absolute Gasteiger partial charge is 0.255 e. The zero-order valence-corrected chi connectivity index (χ0v) is 17.4. The number of pyridine rings is 1. The molecule has 1 aliphatic carbocycles. The first-order chi connectivity index (χ1) is 16.5. The summed E-state index contributed by atoms with van der Waals surface area (Å²) < 4.78 is 71.7. The van der Waals surface area contributed by atoms with Crippen LogP contribution in [0.1, 0.15) is 58.9 Å². The number of aliphatic hydroxyl groups is 1. The van der Waals surface area contributed by atoms with Crippen LogP contribution >= 0.6 is 0 Å². The fourth-order valence-corrected chi connectivity index (χ4v) is 5.13. The van der Waals surface area contributed by atoms with Crippen molar-refractivity contribution >= 4 is 27.0 Å². The summed E-state index contributed by atoms with van der Waals surface area (Å²) in [6.45, 7) is -1.00. The molecule has 0 bridgehead atoms. The van der Waals surface area contributed by atoms with Crippen molar-refractivity contribution in [2.75, 3.05) is 24.6 Å². The Morgan fingerprint density at radius 1 is 1.33 bits per heavy atom. The average molecular weight is 442 g/mol. The molecule has 30 heavy (non-hydrogen) atoms. The van der Waals surface area contributed by atoms with Crippen LogP contribution in [-0.2, 0) is 10.0 Å². The first kappa shape index (κ1) is 14.9. The standard InChI is InChI=1S/C20H29N5O4S/c1-13-11-14-12-21-19(22-15-6-9-24(10-7-15)30(3,28)29)23-17(14)25(18(13)26)16-5-4-8-20(16,2)27/h11-12,15-16,27H,4-10H2,1-3H3,(H,21,22,23)/t16-,20-/m0/s1/i1D3,3D3. The summed E-state index contributed by atoms with van der Waals surface area (Å²) >= 11 is 0. The molecule has 4 rings (SSSR count). The lowest BCUT2D eigenvalue weighted by molar-refractivity contribution is 0.0266. The van der Waals surface area contributed by atoms with Crippen LogP contribution < -0.4 is 10.9 Å². The van der Waals surface area contributed by atoms with Gasteiger partial charge in [0.05, 0.1) is 17.8 Å². The van der Waals surface area contributed by atoms with E-state index in [0.717, 1.165) is 4.31 Å². The predicted molar refractivity (Wildman–Crippen MR) is 115 cm³/mol. The maximum Gasteiger partial charge on any atom is 0.255 e. The number of aryl methyl sites for hydroxylation is 1. The van der Waals surface area contributed by atoms with Crippen molar-refractivity contribution in [2.24, 2.45) is 0 Å². The van der Waals surface area contributed by atoms with Crippen molar-refractivity contribution in [3.63, 3.8) is 0 Å². The molecule has 9 nitrogen and oxygen atoms in total. The largest absolute Gasteiger partial charge is 0.388 e. The quantitative estimate of drug-likeness (QED) is 0.737. The van der Waals surface area contributed by atoms with E-state index < -0.39 is 40.3 Å². The van der Waals surface area contributed by atoms with Gasteiger partial charge < -0.3 is 10.4 Å². The normalized spacial score (nSPS) is 30.1. The monoisotopic (exact) mass is 441 g/mol. The third-order valence-electron chi connectivity index (χ3n) is 6.09. The van der Waals surface area contributed by atoms with Crippen molar-refractivity contribution in [1.82, 2.24) is 18.8 Å². The molecule has 1 aliphatic heterocycles. The second kappa shape index (κ2) is 7.58. The summed E-state index contributed by atoms with van der Waals surface area (Å²) in [5.74, 6) is 0.159. The van der Waals surface area contributed by atoms with E-state index in [1.807, 2.05) is 0 Å². The van der Waals surface area contributed by atoms with Gasteiger partial charge in [0.1, 0.15) is 5.65 Å². The third kappa shape index (κ3) is 3.95. The molecule has 2 N–H and O–H groups in total. The van der Waals surface area contributed by atoms with Crippen LogP contribution in [0.15, 0.2) is 17.1 Å². The Kier molecular flexibility index (Phi) is 3.76. The fourth-order valence-electron chi connectivity index (χ4n) is 4.44. The van der Waals surface area contributed by atoms with Crippen LogP contribution in [0.4, 0.5) is 5.95 Å². The lowest BCUT2D eigenvalue weighted by Gasteiger charge is -2.31. The average Bonchev–Trinajstić information content (AvgIpc) is 3.10. The van der Waals surface area contributed by atoms with Crippen LogP contribution in [0.2, 0.25) is 0 Å². The van der Waals surface area contributed by atoms with Crippen molar-refractivity contribution < 1.29 is 21.7 Å². The molecule has 3 heterocycles. The van der Waals surface area contributed by atoms with Crippen molar-refractivity contribution in [2.45, 2.75) is 63.6 Å². The van der Waals surface area contributed by atoms with Crippen molar-refractivity contribution in [3.8, 4) is 0 Å². The number of fused-ring (bicyclic) bond motifs is 1. The number of anilines is 1. The minimum atomic E-state index is -4.41. The number of nitrogens with one attached hydrogen (secondary N) is 1. The molecule has 2 aromatic heterocycles. The highest BCUT2D eigenvalue weighted by molar-refractivity contribution is 7.88. The van der Waals surface area contributed by atoms with Gasteiger partial charge in [-0.1, -0.05) is 0 Å². The van der Waals surface area contributed by atoms with E-state index in [0.29, 0.717) is 37.5 Å². The number of hydrogen-bond donors (Lipinski definition) is 2. The Balaban J connectivity index is 1.66. The number of sulfonamides is 1. The van der Waals surface area contributed by atoms with Gasteiger partial charge in [0, 0.05) is 44.5 Å². The van der Waals surface area contributed by atoms with Crippen molar-refractivity contribution in [1.29, 1.82) is 0 Å². The molecule has 0 amide bonds. The van der Waals surface area contributed by atoms with Gasteiger partial charge >= 0.3 is 0 Å². The molecular formula is C20H29N5O4S. The van der Waals surface area contributed by atoms with E-state index >= 15 is 0 Å². The second-order valence-corrected chi connectivity index (χ2v) is 9.76. The molecule has 2 aliphatic rings. The third-order valence-corrected chi connectivity index (χ3v) is 7.14. The first-order valence-electron chi connectivity index (χ1n) is 12.9. The van der Waals surface area contributed by atoms with Gasteiger partial charge in [-0.25, -0.2) is 17.7 Å². The summed E-state index contributed by atoms with van der Waals surface area (Å²) in [7, 11) is -4.41. The minimum Gasteiger partial charge on any atom is -0.388 e. The number of aromatic nitrogens is 3. The number of rotatable bonds is 4. The van der Waals surface area contributed by atoms with Crippen LogP contribution in [0, 0.1) is 6.85 Å². The molecule has 0 radical (unpaired) electrons. The lowest BCUT2D eigenvalue weighted by atomic mass is 9.99. The van der Waals surface area contributed by atoms with Crippen LogP contribution in [0.25, 0.3) is 11.0 Å². The molecule has 0 aromatic carbocycles. The molecule has 2 aromatic rings. The molecule has 1 saturated carbocycles. The molecule has 2 fully saturated rings. The van der Waals surface area contributed by atoms with E-state index in [9.17, 15) is 18.3 Å². The van der Waals surface area contributed by atoms with E-state index in [2.05, 4.69) is 15.3 Å². The lowest BCUT2D eigenvalue weighted by Crippen LogP contribution is -2.42. The summed E-state index contributed by atoms with van der Waals surface area (Å²) in [6, 6.07) is 0.347. The van der Waals surface area contributed by atoms with E-state index in [4.69, 9.17) is 8.22 Å². The first-order valence-corrected chi connectivity index (χ1v) is 11.4. The molecule has 10 heteroatoms. The Morgan fingerprint density at radius 3 is 2.73 bits per heavy atom. The Hall–Kier alpha value is -2.04. The second-order valence-electron chi connectivity index (χ2n) is 8.29. The fraction of sp³-hybridized carbons (Fsp3) is 0.650. The maximum absolute atomic E-state index is 13.3. The highest BCUT2D eigenvalue weighted by Crippen LogP contribution is 2.39. The molecule has 2 atom stereocenters. The van der Waals surface area contributed by atoms with Crippen LogP contribution in [-0.4, -0.2) is 63.3 Å². The Labute approximate surface area is 184 Å². The highest BCUT2D eigenvalue weighted by atomic mass is 32.2. The molecule has 0 unspecified atom stereocenters. The van der Waals surface area contributed by atoms with Crippen LogP contribution in [0.3, 0.4) is 0 Å².